The number of hydrogen-bond donors (Lipinski definition) is 0. The van der Waals surface area contributed by atoms with Crippen molar-refractivity contribution < 1.29 is 42.1 Å². The zero-order valence-electron chi connectivity index (χ0n) is 22.0. The molecule has 0 radical (unpaired) electrons. The first kappa shape index (κ1) is 30.4. The number of alkyl halides is 3. The minimum Gasteiger partial charge on any atom is -0.460 e. The molecule has 0 unspecified atom stereocenters. The standard InChI is InChI=1S/C30H21F3N2O8/c31-30(32,33)25-15-21(23-14-12-22(34(38)39)16-26(23)35(40)41)11-13-24(25)27(28(36)42-17-19-7-3-1-4-8-19)29(37)43-18-20-9-5-2-6-10-20/h1-16,27H,17-18H2. The van der Waals surface area contributed by atoms with Crippen LogP contribution in [0.4, 0.5) is 24.5 Å². The summed E-state index contributed by atoms with van der Waals surface area (Å²) in [4.78, 5) is 47.3. The summed E-state index contributed by atoms with van der Waals surface area (Å²) >= 11 is 0. The van der Waals surface area contributed by atoms with Crippen LogP contribution in [0.2, 0.25) is 0 Å². The first-order valence-electron chi connectivity index (χ1n) is 12.5. The third-order valence-corrected chi connectivity index (χ3v) is 6.29. The van der Waals surface area contributed by atoms with Crippen LogP contribution in [0.15, 0.2) is 97.1 Å². The largest absolute Gasteiger partial charge is 0.460 e. The molecule has 0 bridgehead atoms. The molecule has 0 aromatic heterocycles. The molecule has 0 saturated carbocycles. The molecular weight excluding hydrogens is 573 g/mol. The number of nitrogens with zero attached hydrogens (tertiary/aromatic N) is 2. The summed E-state index contributed by atoms with van der Waals surface area (Å²) in [5.41, 5.74) is -3.32. The van der Waals surface area contributed by atoms with Crippen LogP contribution in [0.3, 0.4) is 0 Å². The minimum absolute atomic E-state index is 0.327. The molecule has 10 nitrogen and oxygen atoms in total. The number of hydrogen-bond acceptors (Lipinski definition) is 8. The number of ether oxygens (including phenoxy) is 2. The van der Waals surface area contributed by atoms with Gasteiger partial charge >= 0.3 is 18.1 Å². The van der Waals surface area contributed by atoms with E-state index in [1.165, 1.54) is 0 Å². The second kappa shape index (κ2) is 12.9. The number of nitro groups is 2. The number of carbonyl (C=O) groups excluding carboxylic acids is 2. The highest BCUT2D eigenvalue weighted by Crippen LogP contribution is 2.41. The van der Waals surface area contributed by atoms with Crippen LogP contribution in [0.5, 0.6) is 0 Å². The van der Waals surface area contributed by atoms with Gasteiger partial charge in [0, 0.05) is 6.07 Å². The Balaban J connectivity index is 1.77. The van der Waals surface area contributed by atoms with Gasteiger partial charge in [-0.1, -0.05) is 72.8 Å². The molecule has 220 valence electrons. The van der Waals surface area contributed by atoms with Crippen molar-refractivity contribution in [3.8, 4) is 11.1 Å². The maximum Gasteiger partial charge on any atom is 0.416 e. The molecule has 0 amide bonds. The molecule has 0 heterocycles. The molecule has 0 fully saturated rings. The Morgan fingerprint density at radius 3 is 1.72 bits per heavy atom. The average Bonchev–Trinajstić information content (AvgIpc) is 2.99. The van der Waals surface area contributed by atoms with Gasteiger partial charge in [-0.25, -0.2) is 0 Å². The molecular formula is C30H21F3N2O8. The van der Waals surface area contributed by atoms with Crippen molar-refractivity contribution in [1.29, 1.82) is 0 Å². The lowest BCUT2D eigenvalue weighted by atomic mass is 9.90. The van der Waals surface area contributed by atoms with E-state index < -0.39 is 56.4 Å². The Labute approximate surface area is 241 Å². The Morgan fingerprint density at radius 1 is 0.721 bits per heavy atom. The van der Waals surface area contributed by atoms with Gasteiger partial charge < -0.3 is 9.47 Å². The lowest BCUT2D eigenvalue weighted by molar-refractivity contribution is -0.393. The number of esters is 2. The van der Waals surface area contributed by atoms with E-state index in [2.05, 4.69) is 0 Å². The monoisotopic (exact) mass is 594 g/mol. The van der Waals surface area contributed by atoms with Gasteiger partial charge in [-0.15, -0.1) is 0 Å². The smallest absolute Gasteiger partial charge is 0.416 e. The maximum atomic E-state index is 14.4. The number of nitro benzene ring substituents is 2. The highest BCUT2D eigenvalue weighted by atomic mass is 19.4. The third-order valence-electron chi connectivity index (χ3n) is 6.29. The molecule has 0 saturated heterocycles. The fourth-order valence-electron chi connectivity index (χ4n) is 4.22. The van der Waals surface area contributed by atoms with Gasteiger partial charge in [0.25, 0.3) is 11.4 Å². The normalized spacial score (nSPS) is 11.2. The Kier molecular flexibility index (Phi) is 9.14. The molecule has 43 heavy (non-hydrogen) atoms. The van der Waals surface area contributed by atoms with Gasteiger partial charge in [0.1, 0.15) is 13.2 Å². The summed E-state index contributed by atoms with van der Waals surface area (Å²) in [7, 11) is 0. The molecule has 0 aliphatic rings. The quantitative estimate of drug-likeness (QED) is 0.0849. The summed E-state index contributed by atoms with van der Waals surface area (Å²) < 4.78 is 53.8. The van der Waals surface area contributed by atoms with E-state index in [0.29, 0.717) is 23.3 Å². The SMILES string of the molecule is O=C(OCc1ccccc1)C(C(=O)OCc1ccccc1)c1ccc(-c2ccc([N+](=O)[O-])cc2[N+](=O)[O-])cc1C(F)(F)F. The summed E-state index contributed by atoms with van der Waals surface area (Å²) in [6.45, 7) is -0.673. The van der Waals surface area contributed by atoms with Gasteiger partial charge in [0.05, 0.1) is 27.0 Å². The van der Waals surface area contributed by atoms with Crippen LogP contribution < -0.4 is 0 Å². The van der Waals surface area contributed by atoms with Crippen LogP contribution >= 0.6 is 0 Å². The lowest BCUT2D eigenvalue weighted by Gasteiger charge is -2.21. The summed E-state index contributed by atoms with van der Waals surface area (Å²) in [5.74, 6) is -4.77. The van der Waals surface area contributed by atoms with Crippen LogP contribution in [-0.4, -0.2) is 21.8 Å². The molecule has 0 aliphatic heterocycles. The minimum atomic E-state index is -5.14. The van der Waals surface area contributed by atoms with E-state index in [9.17, 15) is 43.0 Å². The summed E-state index contributed by atoms with van der Waals surface area (Å²) in [6, 6.07) is 21.4. The first-order valence-corrected chi connectivity index (χ1v) is 12.5. The molecule has 0 spiro atoms. The van der Waals surface area contributed by atoms with Crippen LogP contribution in [-0.2, 0) is 38.5 Å². The van der Waals surface area contributed by atoms with E-state index >= 15 is 0 Å². The lowest BCUT2D eigenvalue weighted by Crippen LogP contribution is -2.28. The predicted octanol–water partition coefficient (Wildman–Crippen LogP) is 6.76. The summed E-state index contributed by atoms with van der Waals surface area (Å²) in [6.07, 6.45) is -5.14. The molecule has 4 aromatic rings. The maximum absolute atomic E-state index is 14.4. The number of carbonyl (C=O) groups is 2. The van der Waals surface area contributed by atoms with Crippen LogP contribution in [0, 0.1) is 20.2 Å². The van der Waals surface area contributed by atoms with Gasteiger partial charge in [0.2, 0.25) is 0 Å². The van der Waals surface area contributed by atoms with Gasteiger partial charge in [-0.05, 0) is 34.4 Å². The molecule has 0 aliphatic carbocycles. The van der Waals surface area contributed by atoms with Crippen molar-refractivity contribution in [2.75, 3.05) is 0 Å². The Hall–Kier alpha value is -5.59. The van der Waals surface area contributed by atoms with E-state index in [1.807, 2.05) is 0 Å². The average molecular weight is 594 g/mol. The second-order valence-corrected chi connectivity index (χ2v) is 9.14. The zero-order valence-corrected chi connectivity index (χ0v) is 22.0. The third kappa shape index (κ3) is 7.38. The Bertz CT molecular complexity index is 1610. The van der Waals surface area contributed by atoms with Crippen molar-refractivity contribution in [2.45, 2.75) is 25.3 Å². The van der Waals surface area contributed by atoms with Crippen LogP contribution in [0.25, 0.3) is 11.1 Å². The molecule has 4 aromatic carbocycles. The number of halogens is 3. The highest BCUT2D eigenvalue weighted by Gasteiger charge is 2.42. The van der Waals surface area contributed by atoms with Crippen molar-refractivity contribution in [2.24, 2.45) is 0 Å². The van der Waals surface area contributed by atoms with E-state index in [-0.39, 0.29) is 24.3 Å². The fourth-order valence-corrected chi connectivity index (χ4v) is 4.22. The number of rotatable bonds is 10. The second-order valence-electron chi connectivity index (χ2n) is 9.14. The van der Waals surface area contributed by atoms with Gasteiger partial charge in [0.15, 0.2) is 5.92 Å². The van der Waals surface area contributed by atoms with E-state index in [4.69, 9.17) is 9.47 Å². The van der Waals surface area contributed by atoms with Crippen molar-refractivity contribution in [1.82, 2.24) is 0 Å². The summed E-state index contributed by atoms with van der Waals surface area (Å²) in [5, 5.41) is 22.7. The van der Waals surface area contributed by atoms with Crippen molar-refractivity contribution in [3.05, 3.63) is 140 Å². The molecule has 0 atom stereocenters. The first-order chi connectivity index (χ1) is 20.5. The van der Waals surface area contributed by atoms with Gasteiger partial charge in [-0.3, -0.25) is 29.8 Å². The number of non-ortho nitro benzene ring substituents is 1. The van der Waals surface area contributed by atoms with Crippen LogP contribution in [0.1, 0.15) is 28.2 Å². The number of benzene rings is 4. The molecule has 13 heteroatoms. The zero-order chi connectivity index (χ0) is 31.1. The Morgan fingerprint density at radius 2 is 1.26 bits per heavy atom. The fraction of sp³-hybridized carbons (Fsp3) is 0.133. The van der Waals surface area contributed by atoms with Gasteiger partial charge in [-0.2, -0.15) is 13.2 Å². The highest BCUT2D eigenvalue weighted by molar-refractivity contribution is 6.01. The topological polar surface area (TPSA) is 139 Å². The van der Waals surface area contributed by atoms with E-state index in [0.717, 1.165) is 24.3 Å². The molecule has 4 rings (SSSR count). The van der Waals surface area contributed by atoms with Crippen molar-refractivity contribution >= 4 is 23.3 Å². The molecule has 0 N–H and O–H groups in total. The van der Waals surface area contributed by atoms with E-state index in [1.54, 1.807) is 60.7 Å². The predicted molar refractivity (Wildman–Crippen MR) is 145 cm³/mol. The van der Waals surface area contributed by atoms with Crippen molar-refractivity contribution in [3.63, 3.8) is 0 Å².